The summed E-state index contributed by atoms with van der Waals surface area (Å²) in [4.78, 5) is 2.04. The van der Waals surface area contributed by atoms with Crippen molar-refractivity contribution in [1.82, 2.24) is 5.32 Å². The van der Waals surface area contributed by atoms with E-state index in [1.165, 1.54) is 0 Å². The van der Waals surface area contributed by atoms with Gasteiger partial charge in [0, 0.05) is 26.2 Å². The molecule has 1 saturated heterocycles. The largest absolute Gasteiger partial charge is 0.368 e. The van der Waals surface area contributed by atoms with Crippen LogP contribution in [0.3, 0.4) is 0 Å². The lowest BCUT2D eigenvalue weighted by atomic mass is 10.1. The van der Waals surface area contributed by atoms with Crippen LogP contribution in [-0.4, -0.2) is 39.1 Å². The molecule has 2 N–H and O–H groups in total. The van der Waals surface area contributed by atoms with Crippen molar-refractivity contribution >= 4 is 15.8 Å². The summed E-state index contributed by atoms with van der Waals surface area (Å²) in [7, 11) is -4.19. The molecule has 0 aromatic heterocycles. The molecule has 1 heterocycles. The van der Waals surface area contributed by atoms with Crippen LogP contribution in [0.4, 0.5) is 5.69 Å². The predicted molar refractivity (Wildman–Crippen MR) is 80.0 cm³/mol. The molecule has 1 fully saturated rings. The van der Waals surface area contributed by atoms with Crippen LogP contribution in [-0.2, 0) is 16.5 Å². The molecule has 0 aliphatic carbocycles. The molecule has 1 aliphatic rings. The molecule has 1 aromatic rings. The van der Waals surface area contributed by atoms with E-state index in [0.29, 0.717) is 5.69 Å². The predicted octanol–water partition coefficient (Wildman–Crippen LogP) is 1.69. The fraction of sp³-hybridized carbons (Fsp3) is 0.571. The smallest absolute Gasteiger partial charge is 0.296 e. The van der Waals surface area contributed by atoms with Gasteiger partial charge in [-0.2, -0.15) is 8.42 Å². The molecule has 0 atom stereocenters. The molecule has 2 rings (SSSR count). The molecule has 0 amide bonds. The second kappa shape index (κ2) is 6.56. The van der Waals surface area contributed by atoms with E-state index in [1.54, 1.807) is 6.07 Å². The quantitative estimate of drug-likeness (QED) is 0.810. The lowest BCUT2D eigenvalue weighted by molar-refractivity contribution is 0.482. The Labute approximate surface area is 120 Å². The maximum absolute atomic E-state index is 11.6. The Balaban J connectivity index is 2.35. The van der Waals surface area contributed by atoms with Crippen molar-refractivity contribution in [2.45, 2.75) is 31.1 Å². The summed E-state index contributed by atoms with van der Waals surface area (Å²) < 4.78 is 32.8. The molecule has 20 heavy (non-hydrogen) atoms. The van der Waals surface area contributed by atoms with Crippen molar-refractivity contribution in [2.75, 3.05) is 31.1 Å². The molecule has 5 nitrogen and oxygen atoms in total. The minimum Gasteiger partial charge on any atom is -0.368 e. The average Bonchev–Trinajstić information content (AvgIpc) is 2.45. The minimum absolute atomic E-state index is 0.0352. The van der Waals surface area contributed by atoms with Crippen molar-refractivity contribution < 1.29 is 13.0 Å². The molecule has 0 spiro atoms. The zero-order chi connectivity index (χ0) is 14.6. The molecule has 0 unspecified atom stereocenters. The molecule has 6 heteroatoms. The average molecular weight is 298 g/mol. The van der Waals surface area contributed by atoms with E-state index >= 15 is 0 Å². The van der Waals surface area contributed by atoms with Gasteiger partial charge in [-0.3, -0.25) is 4.55 Å². The second-order valence-electron chi connectivity index (χ2n) is 5.12. The Bertz CT molecular complexity index is 552. The van der Waals surface area contributed by atoms with E-state index in [4.69, 9.17) is 0 Å². The van der Waals surface area contributed by atoms with Gasteiger partial charge in [0.1, 0.15) is 4.90 Å². The van der Waals surface area contributed by atoms with E-state index in [-0.39, 0.29) is 4.90 Å². The topological polar surface area (TPSA) is 69.6 Å². The van der Waals surface area contributed by atoms with Gasteiger partial charge in [-0.1, -0.05) is 19.4 Å². The van der Waals surface area contributed by atoms with Gasteiger partial charge in [0.2, 0.25) is 0 Å². The molecule has 112 valence electrons. The third-order valence-electron chi connectivity index (χ3n) is 3.58. The first kappa shape index (κ1) is 15.3. The second-order valence-corrected chi connectivity index (χ2v) is 6.51. The van der Waals surface area contributed by atoms with Gasteiger partial charge >= 0.3 is 0 Å². The SMILES string of the molecule is CCCCc1ccc(N2CCNCC2)c(S(=O)(=O)O)c1. The number of aryl methyl sites for hydroxylation is 1. The lowest BCUT2D eigenvalue weighted by Gasteiger charge is -2.30. The lowest BCUT2D eigenvalue weighted by Crippen LogP contribution is -2.44. The summed E-state index contributed by atoms with van der Waals surface area (Å²) >= 11 is 0. The minimum atomic E-state index is -4.19. The summed E-state index contributed by atoms with van der Waals surface area (Å²) in [6, 6.07) is 5.39. The van der Waals surface area contributed by atoms with Gasteiger partial charge in [-0.25, -0.2) is 0 Å². The van der Waals surface area contributed by atoms with Crippen molar-refractivity contribution in [3.8, 4) is 0 Å². The normalized spacial score (nSPS) is 16.4. The van der Waals surface area contributed by atoms with Gasteiger partial charge < -0.3 is 10.2 Å². The highest BCUT2D eigenvalue weighted by Crippen LogP contribution is 2.27. The summed E-state index contributed by atoms with van der Waals surface area (Å²) in [5, 5.41) is 3.23. The number of hydrogen-bond acceptors (Lipinski definition) is 4. The van der Waals surface area contributed by atoms with E-state index in [1.807, 2.05) is 17.0 Å². The van der Waals surface area contributed by atoms with Crippen LogP contribution in [0.2, 0.25) is 0 Å². The van der Waals surface area contributed by atoms with E-state index in [2.05, 4.69) is 12.2 Å². The number of benzene rings is 1. The van der Waals surface area contributed by atoms with Crippen LogP contribution < -0.4 is 10.2 Å². The number of piperazine rings is 1. The standard InChI is InChI=1S/C14H22N2O3S/c1-2-3-4-12-5-6-13(14(11-12)20(17,18)19)16-9-7-15-8-10-16/h5-6,11,15H,2-4,7-10H2,1H3,(H,17,18,19). The van der Waals surface area contributed by atoms with Crippen molar-refractivity contribution in [1.29, 1.82) is 0 Å². The fourth-order valence-electron chi connectivity index (χ4n) is 2.47. The Morgan fingerprint density at radius 1 is 1.30 bits per heavy atom. The molecule has 0 bridgehead atoms. The first-order chi connectivity index (χ1) is 9.52. The Hall–Kier alpha value is -1.11. The van der Waals surface area contributed by atoms with Crippen LogP contribution in [0, 0.1) is 0 Å². The molecule has 0 saturated carbocycles. The fourth-order valence-corrected chi connectivity index (χ4v) is 3.23. The molecule has 1 aliphatic heterocycles. The summed E-state index contributed by atoms with van der Waals surface area (Å²) in [6.45, 7) is 5.23. The van der Waals surface area contributed by atoms with E-state index < -0.39 is 10.1 Å². The molecule has 1 aromatic carbocycles. The van der Waals surface area contributed by atoms with Crippen LogP contribution in [0.1, 0.15) is 25.3 Å². The zero-order valence-corrected chi connectivity index (χ0v) is 12.6. The maximum Gasteiger partial charge on any atom is 0.296 e. The van der Waals surface area contributed by atoms with E-state index in [9.17, 15) is 13.0 Å². The van der Waals surface area contributed by atoms with Crippen LogP contribution in [0.15, 0.2) is 23.1 Å². The van der Waals surface area contributed by atoms with E-state index in [0.717, 1.165) is 51.0 Å². The third kappa shape index (κ3) is 3.71. The summed E-state index contributed by atoms with van der Waals surface area (Å²) in [6.07, 6.45) is 2.90. The molecular weight excluding hydrogens is 276 g/mol. The number of unbranched alkanes of at least 4 members (excludes halogenated alkanes) is 1. The Kier molecular flexibility index (Phi) is 5.01. The van der Waals surface area contributed by atoms with Gasteiger partial charge in [-0.05, 0) is 30.5 Å². The maximum atomic E-state index is 11.6. The number of nitrogens with zero attached hydrogens (tertiary/aromatic N) is 1. The van der Waals surface area contributed by atoms with Gasteiger partial charge in [-0.15, -0.1) is 0 Å². The highest BCUT2D eigenvalue weighted by atomic mass is 32.2. The Morgan fingerprint density at radius 3 is 2.60 bits per heavy atom. The zero-order valence-electron chi connectivity index (χ0n) is 11.8. The first-order valence-corrected chi connectivity index (χ1v) is 8.52. The number of anilines is 1. The summed E-state index contributed by atoms with van der Waals surface area (Å²) in [5.41, 5.74) is 1.56. The molecular formula is C14H22N2O3S. The highest BCUT2D eigenvalue weighted by molar-refractivity contribution is 7.86. The monoisotopic (exact) mass is 298 g/mol. The highest BCUT2D eigenvalue weighted by Gasteiger charge is 2.21. The number of rotatable bonds is 5. The summed E-state index contributed by atoms with van der Waals surface area (Å²) in [5.74, 6) is 0. The van der Waals surface area contributed by atoms with Gasteiger partial charge in [0.15, 0.2) is 0 Å². The Morgan fingerprint density at radius 2 is 2.00 bits per heavy atom. The van der Waals surface area contributed by atoms with Crippen molar-refractivity contribution in [2.24, 2.45) is 0 Å². The molecule has 0 radical (unpaired) electrons. The number of nitrogens with one attached hydrogen (secondary N) is 1. The van der Waals surface area contributed by atoms with Crippen LogP contribution >= 0.6 is 0 Å². The van der Waals surface area contributed by atoms with Crippen LogP contribution in [0.25, 0.3) is 0 Å². The first-order valence-electron chi connectivity index (χ1n) is 7.08. The number of hydrogen-bond donors (Lipinski definition) is 2. The van der Waals surface area contributed by atoms with Gasteiger partial charge in [0.05, 0.1) is 5.69 Å². The van der Waals surface area contributed by atoms with Gasteiger partial charge in [0.25, 0.3) is 10.1 Å². The third-order valence-corrected chi connectivity index (χ3v) is 4.46. The van der Waals surface area contributed by atoms with Crippen LogP contribution in [0.5, 0.6) is 0 Å². The van der Waals surface area contributed by atoms with Crippen molar-refractivity contribution in [3.63, 3.8) is 0 Å². The van der Waals surface area contributed by atoms with Crippen molar-refractivity contribution in [3.05, 3.63) is 23.8 Å².